The fourth-order valence-electron chi connectivity index (χ4n) is 4.50. The maximum absolute atomic E-state index is 13.0. The maximum Gasteiger partial charge on any atom is 0.272 e. The lowest BCUT2D eigenvalue weighted by Crippen LogP contribution is -2.49. The predicted octanol–water partition coefficient (Wildman–Crippen LogP) is 2.61. The van der Waals surface area contributed by atoms with Crippen molar-refractivity contribution in [2.75, 3.05) is 31.1 Å². The summed E-state index contributed by atoms with van der Waals surface area (Å²) >= 11 is 1.45. The second-order valence-corrected chi connectivity index (χ2v) is 10.2. The van der Waals surface area contributed by atoms with Gasteiger partial charge in [0, 0.05) is 58.0 Å². The fraction of sp³-hybridized carbons (Fsp3) is 0.500. The van der Waals surface area contributed by atoms with Gasteiger partial charge >= 0.3 is 0 Å². The molecular formula is C24H30N8O2S. The second-order valence-electron chi connectivity index (χ2n) is 9.30. The van der Waals surface area contributed by atoms with Gasteiger partial charge in [-0.3, -0.25) is 18.6 Å². The van der Waals surface area contributed by atoms with Crippen LogP contribution >= 0.6 is 11.3 Å². The molecule has 0 unspecified atom stereocenters. The van der Waals surface area contributed by atoms with Crippen molar-refractivity contribution in [3.05, 3.63) is 46.1 Å². The van der Waals surface area contributed by atoms with E-state index in [1.807, 2.05) is 20.7 Å². The van der Waals surface area contributed by atoms with Crippen molar-refractivity contribution in [1.82, 2.24) is 34.0 Å². The molecule has 0 bridgehead atoms. The summed E-state index contributed by atoms with van der Waals surface area (Å²) in [5.41, 5.74) is 0.846. The van der Waals surface area contributed by atoms with E-state index < -0.39 is 0 Å². The molecule has 5 heterocycles. The summed E-state index contributed by atoms with van der Waals surface area (Å²) < 4.78 is 4.46. The number of aryl methyl sites for hydroxylation is 2. The van der Waals surface area contributed by atoms with Crippen LogP contribution in [0.2, 0.25) is 0 Å². The molecule has 10 nitrogen and oxygen atoms in total. The van der Waals surface area contributed by atoms with E-state index in [-0.39, 0.29) is 11.5 Å². The van der Waals surface area contributed by atoms with Gasteiger partial charge in [0.15, 0.2) is 0 Å². The molecule has 5 rings (SSSR count). The van der Waals surface area contributed by atoms with E-state index in [2.05, 4.69) is 38.9 Å². The number of piperazine rings is 1. The Labute approximate surface area is 207 Å². The van der Waals surface area contributed by atoms with Gasteiger partial charge in [-0.15, -0.1) is 21.5 Å². The number of aromatic nitrogens is 6. The third kappa shape index (κ3) is 4.77. The zero-order valence-electron chi connectivity index (χ0n) is 20.1. The number of carbonyl (C=O) groups is 1. The third-order valence-corrected chi connectivity index (χ3v) is 7.36. The highest BCUT2D eigenvalue weighted by Gasteiger charge is 2.23. The van der Waals surface area contributed by atoms with E-state index in [4.69, 9.17) is 0 Å². The molecule has 0 aliphatic carbocycles. The van der Waals surface area contributed by atoms with Crippen molar-refractivity contribution < 1.29 is 4.79 Å². The smallest absolute Gasteiger partial charge is 0.272 e. The van der Waals surface area contributed by atoms with Crippen LogP contribution in [-0.2, 0) is 17.8 Å². The quantitative estimate of drug-likeness (QED) is 0.371. The van der Waals surface area contributed by atoms with Gasteiger partial charge in [-0.05, 0) is 36.3 Å². The molecule has 1 saturated heterocycles. The summed E-state index contributed by atoms with van der Waals surface area (Å²) in [5.74, 6) is 2.73. The lowest BCUT2D eigenvalue weighted by molar-refractivity contribution is -0.131. The number of thiophene rings is 1. The van der Waals surface area contributed by atoms with Gasteiger partial charge in [0.2, 0.25) is 17.6 Å². The predicted molar refractivity (Wildman–Crippen MR) is 136 cm³/mol. The SMILES string of the molecule is CC(C)CCn1c(=O)c2sccc2n2c(CCCC(=O)N3CCN(c4ncccn4)CC3)nnc12. The number of nitrogens with zero attached hydrogens (tertiary/aromatic N) is 8. The molecule has 4 aromatic rings. The van der Waals surface area contributed by atoms with Gasteiger partial charge < -0.3 is 9.80 Å². The Morgan fingerprint density at radius 2 is 1.89 bits per heavy atom. The summed E-state index contributed by atoms with van der Waals surface area (Å²) in [6, 6.07) is 3.76. The van der Waals surface area contributed by atoms with Gasteiger partial charge in [-0.2, -0.15) is 0 Å². The standard InChI is InChI=1S/C24H30N8O2S/c1-17(2)7-11-31-22(34)21-18(8-16-35-21)32-19(27-28-24(31)32)5-3-6-20(33)29-12-14-30(15-13-29)23-25-9-4-10-26-23/h4,8-10,16-17H,3,5-7,11-15H2,1-2H3. The van der Waals surface area contributed by atoms with Gasteiger partial charge in [-0.1, -0.05) is 13.8 Å². The molecule has 0 saturated carbocycles. The van der Waals surface area contributed by atoms with E-state index in [1.165, 1.54) is 11.3 Å². The topological polar surface area (TPSA) is 102 Å². The van der Waals surface area contributed by atoms with Gasteiger partial charge in [0.05, 0.1) is 5.52 Å². The number of hydrogen-bond donors (Lipinski definition) is 0. The Morgan fingerprint density at radius 3 is 2.63 bits per heavy atom. The van der Waals surface area contributed by atoms with E-state index >= 15 is 0 Å². The molecule has 11 heteroatoms. The van der Waals surface area contributed by atoms with Crippen molar-refractivity contribution in [2.45, 2.75) is 46.1 Å². The normalized spacial score (nSPS) is 14.5. The lowest BCUT2D eigenvalue weighted by atomic mass is 10.1. The molecule has 1 amide bonds. The van der Waals surface area contributed by atoms with E-state index in [9.17, 15) is 9.59 Å². The zero-order chi connectivity index (χ0) is 24.4. The molecule has 0 radical (unpaired) electrons. The summed E-state index contributed by atoms with van der Waals surface area (Å²) in [5, 5.41) is 10.7. The molecule has 0 aromatic carbocycles. The van der Waals surface area contributed by atoms with Crippen molar-refractivity contribution in [1.29, 1.82) is 0 Å². The molecule has 4 aromatic heterocycles. The minimum atomic E-state index is -0.00248. The molecule has 1 aliphatic heterocycles. The number of amides is 1. The molecule has 0 atom stereocenters. The minimum Gasteiger partial charge on any atom is -0.339 e. The summed E-state index contributed by atoms with van der Waals surface area (Å²) in [6.45, 7) is 7.71. The summed E-state index contributed by atoms with van der Waals surface area (Å²) in [4.78, 5) is 38.5. The van der Waals surface area contributed by atoms with Crippen LogP contribution < -0.4 is 10.5 Å². The van der Waals surface area contributed by atoms with Crippen LogP contribution in [0.3, 0.4) is 0 Å². The van der Waals surface area contributed by atoms with Crippen LogP contribution in [0.15, 0.2) is 34.7 Å². The van der Waals surface area contributed by atoms with E-state index in [0.717, 1.165) is 35.6 Å². The Balaban J connectivity index is 1.24. The Morgan fingerprint density at radius 1 is 1.11 bits per heavy atom. The average Bonchev–Trinajstić information content (AvgIpc) is 3.52. The first-order valence-electron chi connectivity index (χ1n) is 12.2. The van der Waals surface area contributed by atoms with E-state index in [0.29, 0.717) is 56.5 Å². The monoisotopic (exact) mass is 494 g/mol. The molecule has 0 N–H and O–H groups in total. The Bertz CT molecular complexity index is 1370. The van der Waals surface area contributed by atoms with Crippen LogP contribution in [-0.4, -0.2) is 66.1 Å². The van der Waals surface area contributed by atoms with E-state index in [1.54, 1.807) is 23.0 Å². The lowest BCUT2D eigenvalue weighted by Gasteiger charge is -2.34. The molecular weight excluding hydrogens is 464 g/mol. The highest BCUT2D eigenvalue weighted by molar-refractivity contribution is 7.17. The molecule has 1 fully saturated rings. The summed E-state index contributed by atoms with van der Waals surface area (Å²) in [7, 11) is 0. The van der Waals surface area contributed by atoms with Crippen molar-refractivity contribution >= 4 is 39.2 Å². The number of anilines is 1. The molecule has 0 spiro atoms. The largest absolute Gasteiger partial charge is 0.339 e. The van der Waals surface area contributed by atoms with Crippen LogP contribution in [0.1, 0.15) is 38.9 Å². The summed E-state index contributed by atoms with van der Waals surface area (Å²) in [6.07, 6.45) is 6.13. The molecule has 184 valence electrons. The van der Waals surface area contributed by atoms with Crippen molar-refractivity contribution in [2.24, 2.45) is 5.92 Å². The Hall–Kier alpha value is -3.34. The first-order chi connectivity index (χ1) is 17.0. The average molecular weight is 495 g/mol. The fourth-order valence-corrected chi connectivity index (χ4v) is 5.32. The third-order valence-electron chi connectivity index (χ3n) is 6.47. The number of carbonyl (C=O) groups excluding carboxylic acids is 1. The van der Waals surface area contributed by atoms with Gasteiger partial charge in [-0.25, -0.2) is 9.97 Å². The first-order valence-corrected chi connectivity index (χ1v) is 13.0. The molecule has 35 heavy (non-hydrogen) atoms. The number of rotatable bonds is 8. The number of fused-ring (bicyclic) bond motifs is 3. The van der Waals surface area contributed by atoms with Crippen molar-refractivity contribution in [3.8, 4) is 0 Å². The van der Waals surface area contributed by atoms with Gasteiger partial charge in [0.1, 0.15) is 10.5 Å². The molecule has 1 aliphatic rings. The highest BCUT2D eigenvalue weighted by Crippen LogP contribution is 2.21. The second kappa shape index (κ2) is 10.1. The van der Waals surface area contributed by atoms with Crippen LogP contribution in [0.25, 0.3) is 16.0 Å². The maximum atomic E-state index is 13.0. The highest BCUT2D eigenvalue weighted by atomic mass is 32.1. The first kappa shape index (κ1) is 23.4. The minimum absolute atomic E-state index is 0.00248. The number of hydrogen-bond acceptors (Lipinski definition) is 8. The van der Waals surface area contributed by atoms with Gasteiger partial charge in [0.25, 0.3) is 5.56 Å². The van der Waals surface area contributed by atoms with Crippen LogP contribution in [0, 0.1) is 5.92 Å². The Kier molecular flexibility index (Phi) is 6.76. The zero-order valence-corrected chi connectivity index (χ0v) is 20.9. The van der Waals surface area contributed by atoms with Crippen LogP contribution in [0.5, 0.6) is 0 Å². The van der Waals surface area contributed by atoms with Crippen LogP contribution in [0.4, 0.5) is 5.95 Å². The van der Waals surface area contributed by atoms with Crippen molar-refractivity contribution in [3.63, 3.8) is 0 Å².